The molecule has 0 amide bonds. The van der Waals surface area contributed by atoms with Crippen molar-refractivity contribution in [2.45, 2.75) is 156 Å². The minimum Gasteiger partial charge on any atom is -0.369 e. The molecular weight excluding hydrogens is 645 g/mol. The third-order valence-electron chi connectivity index (χ3n) is 9.92. The van der Waals surface area contributed by atoms with E-state index in [4.69, 9.17) is 9.47 Å². The second-order valence-corrected chi connectivity index (χ2v) is 14.9. The van der Waals surface area contributed by atoms with Crippen molar-refractivity contribution in [3.8, 4) is 11.1 Å². The number of nitrogens with zero attached hydrogens (tertiary/aromatic N) is 2. The first-order chi connectivity index (χ1) is 25.5. The fourth-order valence-electron chi connectivity index (χ4n) is 6.76. The van der Waals surface area contributed by atoms with Crippen molar-refractivity contribution < 1.29 is 19.1 Å². The number of hydrogen-bond donors (Lipinski definition) is 0. The SMILES string of the molecule is CCCCCCN(CCCCC)CCCC(=O)COCc1cccc(-c2cccc(COCC(=O)CCCN(CCCCC)CCCCCC)c2)c1. The molecule has 0 radical (unpaired) electrons. The van der Waals surface area contributed by atoms with Crippen LogP contribution in [0, 0.1) is 0 Å². The summed E-state index contributed by atoms with van der Waals surface area (Å²) < 4.78 is 11.7. The first-order valence-electron chi connectivity index (χ1n) is 21.3. The van der Waals surface area contributed by atoms with Crippen LogP contribution < -0.4 is 0 Å². The van der Waals surface area contributed by atoms with Crippen LogP contribution in [0.1, 0.15) is 154 Å². The Labute approximate surface area is 319 Å². The monoisotopic (exact) mass is 721 g/mol. The van der Waals surface area contributed by atoms with Crippen molar-refractivity contribution >= 4 is 11.6 Å². The summed E-state index contributed by atoms with van der Waals surface area (Å²) in [6.07, 6.45) is 20.8. The number of unbranched alkanes of at least 4 members (excludes halogenated alkanes) is 10. The van der Waals surface area contributed by atoms with Crippen molar-refractivity contribution in [3.63, 3.8) is 0 Å². The first kappa shape index (κ1) is 45.8. The maximum atomic E-state index is 12.6. The van der Waals surface area contributed by atoms with Crippen LogP contribution in [0.25, 0.3) is 11.1 Å². The molecule has 0 atom stereocenters. The molecular formula is C46H76N2O4. The van der Waals surface area contributed by atoms with Crippen LogP contribution in [0.15, 0.2) is 48.5 Å². The van der Waals surface area contributed by atoms with Crippen molar-refractivity contribution in [1.29, 1.82) is 0 Å². The van der Waals surface area contributed by atoms with E-state index < -0.39 is 0 Å². The molecule has 2 rings (SSSR count). The lowest BCUT2D eigenvalue weighted by atomic mass is 10.0. The minimum absolute atomic E-state index is 0.165. The molecule has 0 aliphatic heterocycles. The van der Waals surface area contributed by atoms with E-state index in [1.807, 2.05) is 12.1 Å². The summed E-state index contributed by atoms with van der Waals surface area (Å²) in [7, 11) is 0. The van der Waals surface area contributed by atoms with Crippen LogP contribution in [-0.4, -0.2) is 73.8 Å². The highest BCUT2D eigenvalue weighted by atomic mass is 16.5. The summed E-state index contributed by atoms with van der Waals surface area (Å²) >= 11 is 0. The zero-order valence-corrected chi connectivity index (χ0v) is 33.9. The highest BCUT2D eigenvalue weighted by Crippen LogP contribution is 2.22. The molecule has 2 aromatic carbocycles. The van der Waals surface area contributed by atoms with Gasteiger partial charge < -0.3 is 19.3 Å². The number of Topliss-reactive ketones (excluding diaryl/α,β-unsaturated/α-hetero) is 2. The second-order valence-electron chi connectivity index (χ2n) is 14.9. The molecule has 6 heteroatoms. The Morgan fingerprint density at radius 3 is 1.19 bits per heavy atom. The third kappa shape index (κ3) is 22.6. The smallest absolute Gasteiger partial charge is 0.158 e. The molecule has 2 aromatic rings. The molecule has 294 valence electrons. The number of hydrogen-bond acceptors (Lipinski definition) is 6. The number of rotatable bonds is 35. The van der Waals surface area contributed by atoms with E-state index in [0.717, 1.165) is 74.4 Å². The van der Waals surface area contributed by atoms with E-state index in [9.17, 15) is 9.59 Å². The lowest BCUT2D eigenvalue weighted by Gasteiger charge is -2.22. The molecule has 0 aromatic heterocycles. The molecule has 0 aliphatic rings. The third-order valence-corrected chi connectivity index (χ3v) is 9.92. The van der Waals surface area contributed by atoms with E-state index >= 15 is 0 Å². The fraction of sp³-hybridized carbons (Fsp3) is 0.696. The average molecular weight is 721 g/mol. The number of carbonyl (C=O) groups is 2. The van der Waals surface area contributed by atoms with Crippen molar-refractivity contribution in [3.05, 3.63) is 59.7 Å². The minimum atomic E-state index is 0.165. The van der Waals surface area contributed by atoms with Crippen LogP contribution in [0.3, 0.4) is 0 Å². The van der Waals surface area contributed by atoms with Crippen LogP contribution in [0.5, 0.6) is 0 Å². The number of benzene rings is 2. The van der Waals surface area contributed by atoms with Crippen molar-refractivity contribution in [1.82, 2.24) is 9.80 Å². The van der Waals surface area contributed by atoms with Gasteiger partial charge in [-0.3, -0.25) is 9.59 Å². The Morgan fingerprint density at radius 1 is 0.462 bits per heavy atom. The standard InChI is InChI=1S/C46H76N2O4/c1-5-9-13-17-31-47(29-15-11-7-3)33-21-27-45(49)39-51-37-41-23-19-25-43(35-41)44-26-20-24-42(36-44)38-52-40-46(50)28-22-34-48(30-16-12-8-4)32-18-14-10-6-2/h19-20,23-26,35-36H,5-18,21-22,27-34,37-40H2,1-4H3. The molecule has 0 saturated heterocycles. The summed E-state index contributed by atoms with van der Waals surface area (Å²) in [6.45, 7) is 16.8. The Morgan fingerprint density at radius 2 is 0.808 bits per heavy atom. The van der Waals surface area contributed by atoms with Crippen LogP contribution in [0.2, 0.25) is 0 Å². The predicted molar refractivity (Wildman–Crippen MR) is 220 cm³/mol. The molecule has 6 nitrogen and oxygen atoms in total. The quantitative estimate of drug-likeness (QED) is 0.0661. The molecule has 0 fully saturated rings. The average Bonchev–Trinajstić information content (AvgIpc) is 3.15. The summed E-state index contributed by atoms with van der Waals surface area (Å²) in [4.78, 5) is 30.4. The van der Waals surface area contributed by atoms with Gasteiger partial charge >= 0.3 is 0 Å². The van der Waals surface area contributed by atoms with E-state index in [-0.39, 0.29) is 24.8 Å². The Balaban J connectivity index is 1.72. The molecule has 0 N–H and O–H groups in total. The Bertz CT molecular complexity index is 1090. The molecule has 0 saturated carbocycles. The van der Waals surface area contributed by atoms with Gasteiger partial charge in [-0.25, -0.2) is 0 Å². The van der Waals surface area contributed by atoms with Gasteiger partial charge in [-0.05, 0) is 112 Å². The van der Waals surface area contributed by atoms with Crippen molar-refractivity contribution in [2.24, 2.45) is 0 Å². The number of ether oxygens (including phenoxy) is 2. The number of ketones is 2. The van der Waals surface area contributed by atoms with E-state index in [1.54, 1.807) is 0 Å². The summed E-state index contributed by atoms with van der Waals surface area (Å²) in [5.41, 5.74) is 4.31. The summed E-state index contributed by atoms with van der Waals surface area (Å²) in [5.74, 6) is 0.369. The molecule has 0 bridgehead atoms. The van der Waals surface area contributed by atoms with Gasteiger partial charge in [0.15, 0.2) is 11.6 Å². The van der Waals surface area contributed by atoms with E-state index in [0.29, 0.717) is 26.1 Å². The maximum Gasteiger partial charge on any atom is 0.158 e. The molecule has 52 heavy (non-hydrogen) atoms. The van der Waals surface area contributed by atoms with Crippen molar-refractivity contribution in [2.75, 3.05) is 52.5 Å². The van der Waals surface area contributed by atoms with Crippen LogP contribution in [-0.2, 0) is 32.3 Å². The van der Waals surface area contributed by atoms with Gasteiger partial charge in [-0.1, -0.05) is 128 Å². The Kier molecular flexibility index (Phi) is 27.3. The molecule has 0 aliphatic carbocycles. The lowest BCUT2D eigenvalue weighted by Crippen LogP contribution is -2.28. The first-order valence-corrected chi connectivity index (χ1v) is 21.3. The van der Waals surface area contributed by atoms with Crippen LogP contribution in [0.4, 0.5) is 0 Å². The van der Waals surface area contributed by atoms with Gasteiger partial charge in [-0.2, -0.15) is 0 Å². The highest BCUT2D eigenvalue weighted by Gasteiger charge is 2.10. The lowest BCUT2D eigenvalue weighted by molar-refractivity contribution is -0.124. The van der Waals surface area contributed by atoms with E-state index in [2.05, 4.69) is 73.9 Å². The van der Waals surface area contributed by atoms with Gasteiger partial charge in [0.2, 0.25) is 0 Å². The predicted octanol–water partition coefficient (Wildman–Crippen LogP) is 11.2. The van der Waals surface area contributed by atoms with Crippen LogP contribution >= 0.6 is 0 Å². The fourth-order valence-corrected chi connectivity index (χ4v) is 6.76. The maximum absolute atomic E-state index is 12.6. The van der Waals surface area contributed by atoms with E-state index in [1.165, 1.54) is 89.9 Å². The van der Waals surface area contributed by atoms with Gasteiger partial charge in [-0.15, -0.1) is 0 Å². The second kappa shape index (κ2) is 31.0. The molecule has 0 spiro atoms. The summed E-state index contributed by atoms with van der Waals surface area (Å²) in [5, 5.41) is 0. The normalized spacial score (nSPS) is 11.6. The van der Waals surface area contributed by atoms with Gasteiger partial charge in [0, 0.05) is 12.8 Å². The van der Waals surface area contributed by atoms with Gasteiger partial charge in [0.05, 0.1) is 13.2 Å². The largest absolute Gasteiger partial charge is 0.369 e. The molecule has 0 unspecified atom stereocenters. The number of carbonyl (C=O) groups excluding carboxylic acids is 2. The Hall–Kier alpha value is -2.38. The zero-order chi connectivity index (χ0) is 37.5. The van der Waals surface area contributed by atoms with Gasteiger partial charge in [0.25, 0.3) is 0 Å². The molecule has 0 heterocycles. The zero-order valence-electron chi connectivity index (χ0n) is 33.9. The van der Waals surface area contributed by atoms with Gasteiger partial charge in [0.1, 0.15) is 13.2 Å². The summed E-state index contributed by atoms with van der Waals surface area (Å²) in [6, 6.07) is 16.7. The highest BCUT2D eigenvalue weighted by molar-refractivity contribution is 5.80. The topological polar surface area (TPSA) is 59.1 Å².